The Balaban J connectivity index is 2.97. The molecule has 0 fully saturated rings. The predicted molar refractivity (Wildman–Crippen MR) is 126 cm³/mol. The maximum atomic E-state index is 13.0. The number of primary amides is 1. The second-order valence-corrected chi connectivity index (χ2v) is 8.78. The lowest BCUT2D eigenvalue weighted by Gasteiger charge is -2.27. The highest BCUT2D eigenvalue weighted by Gasteiger charge is 2.33. The molecular weight excluding hydrogens is 458 g/mol. The lowest BCUT2D eigenvalue weighted by molar-refractivity contribution is -0.142. The number of aliphatic carboxylic acids is 1. The molecule has 1 aromatic rings. The number of hydrogen-bond donors (Lipinski definition) is 7. The Morgan fingerprint density at radius 2 is 1.46 bits per heavy atom. The lowest BCUT2D eigenvalue weighted by atomic mass is 10.0. The van der Waals surface area contributed by atoms with E-state index in [2.05, 4.69) is 16.0 Å². The second-order valence-electron chi connectivity index (χ2n) is 8.78. The van der Waals surface area contributed by atoms with Gasteiger partial charge in [-0.3, -0.25) is 19.2 Å². The zero-order chi connectivity index (χ0) is 26.7. The van der Waals surface area contributed by atoms with Crippen molar-refractivity contribution in [2.24, 2.45) is 17.4 Å². The summed E-state index contributed by atoms with van der Waals surface area (Å²) in [5.41, 5.74) is 11.3. The molecule has 0 heterocycles. The number of carboxylic acid groups (broad SMARTS) is 1. The van der Waals surface area contributed by atoms with Crippen molar-refractivity contribution in [2.75, 3.05) is 0 Å². The molecule has 1 rings (SSSR count). The molecule has 0 saturated carbocycles. The number of aliphatic hydroxyl groups excluding tert-OH is 1. The fraction of sp³-hybridized carbons (Fsp3) is 0.522. The van der Waals surface area contributed by atoms with Gasteiger partial charge in [0.05, 0.1) is 18.6 Å². The van der Waals surface area contributed by atoms with Crippen LogP contribution in [0.5, 0.6) is 0 Å². The molecule has 4 amide bonds. The maximum Gasteiger partial charge on any atom is 0.326 e. The third-order valence-electron chi connectivity index (χ3n) is 5.06. The summed E-state index contributed by atoms with van der Waals surface area (Å²) in [5.74, 6) is -4.61. The minimum atomic E-state index is -1.48. The van der Waals surface area contributed by atoms with E-state index in [0.717, 1.165) is 0 Å². The van der Waals surface area contributed by atoms with Crippen LogP contribution in [0.25, 0.3) is 0 Å². The van der Waals surface area contributed by atoms with Gasteiger partial charge < -0.3 is 37.6 Å². The Labute approximate surface area is 203 Å². The molecule has 0 bridgehead atoms. The van der Waals surface area contributed by atoms with Gasteiger partial charge in [0.1, 0.15) is 18.1 Å². The Bertz CT molecular complexity index is 892. The van der Waals surface area contributed by atoms with Crippen LogP contribution in [0.15, 0.2) is 30.3 Å². The zero-order valence-electron chi connectivity index (χ0n) is 20.1. The SMILES string of the molecule is CC(C)CC(NC(=O)C(NC(=O)C(N)CC(N)=O)C(C)O)C(=O)NC(Cc1ccccc1)C(=O)O. The van der Waals surface area contributed by atoms with Gasteiger partial charge >= 0.3 is 5.97 Å². The number of aliphatic hydroxyl groups is 1. The quantitative estimate of drug-likeness (QED) is 0.160. The maximum absolute atomic E-state index is 13.0. The number of hydrogen-bond acceptors (Lipinski definition) is 7. The first-order chi connectivity index (χ1) is 16.3. The summed E-state index contributed by atoms with van der Waals surface area (Å²) in [6.45, 7) is 4.87. The standard InChI is InChI=1S/C23H35N5O7/c1-12(2)9-16(21(32)27-17(23(34)35)10-14-7-5-4-6-8-14)26-22(33)19(13(3)29)28-20(31)15(24)11-18(25)30/h4-8,12-13,15-17,19,29H,9-11,24H2,1-3H3,(H2,25,30)(H,26,33)(H,27,32)(H,28,31)(H,34,35). The summed E-state index contributed by atoms with van der Waals surface area (Å²) < 4.78 is 0. The van der Waals surface area contributed by atoms with Crippen molar-refractivity contribution in [3.63, 3.8) is 0 Å². The zero-order valence-corrected chi connectivity index (χ0v) is 20.1. The minimum absolute atomic E-state index is 0.0361. The summed E-state index contributed by atoms with van der Waals surface area (Å²) in [6.07, 6.45) is -1.63. The van der Waals surface area contributed by atoms with E-state index in [4.69, 9.17) is 11.5 Å². The Hall–Kier alpha value is -3.51. The van der Waals surface area contributed by atoms with E-state index in [1.54, 1.807) is 30.3 Å². The molecule has 12 nitrogen and oxygen atoms in total. The highest BCUT2D eigenvalue weighted by atomic mass is 16.4. The summed E-state index contributed by atoms with van der Waals surface area (Å²) in [6, 6.07) is 3.55. The van der Waals surface area contributed by atoms with E-state index >= 15 is 0 Å². The van der Waals surface area contributed by atoms with E-state index in [0.29, 0.717) is 5.56 Å². The molecule has 5 unspecified atom stereocenters. The molecule has 0 aliphatic heterocycles. The summed E-state index contributed by atoms with van der Waals surface area (Å²) >= 11 is 0. The highest BCUT2D eigenvalue weighted by molar-refractivity contribution is 5.95. The number of carboxylic acids is 1. The van der Waals surface area contributed by atoms with E-state index < -0.39 is 66.3 Å². The van der Waals surface area contributed by atoms with Crippen LogP contribution in [-0.4, -0.2) is 70.1 Å². The first kappa shape index (κ1) is 29.5. The van der Waals surface area contributed by atoms with Crippen LogP contribution in [0, 0.1) is 5.92 Å². The largest absolute Gasteiger partial charge is 0.480 e. The van der Waals surface area contributed by atoms with Gasteiger partial charge in [-0.05, 0) is 24.8 Å². The van der Waals surface area contributed by atoms with Crippen molar-refractivity contribution in [2.45, 2.75) is 70.3 Å². The number of benzene rings is 1. The molecule has 0 saturated heterocycles. The van der Waals surface area contributed by atoms with Crippen molar-refractivity contribution < 1.29 is 34.2 Å². The summed E-state index contributed by atoms with van der Waals surface area (Å²) in [5, 5.41) is 26.8. The van der Waals surface area contributed by atoms with Crippen molar-refractivity contribution >= 4 is 29.6 Å². The molecule has 1 aromatic carbocycles. The normalized spacial score (nSPS) is 15.3. The molecule has 194 valence electrons. The molecule has 0 spiro atoms. The van der Waals surface area contributed by atoms with Gasteiger partial charge in [-0.15, -0.1) is 0 Å². The van der Waals surface area contributed by atoms with Crippen LogP contribution < -0.4 is 27.4 Å². The van der Waals surface area contributed by atoms with Crippen LogP contribution in [0.3, 0.4) is 0 Å². The van der Waals surface area contributed by atoms with Crippen LogP contribution in [0.4, 0.5) is 0 Å². The molecule has 0 aliphatic rings. The Kier molecular flexibility index (Phi) is 11.8. The van der Waals surface area contributed by atoms with Gasteiger partial charge in [0, 0.05) is 6.42 Å². The number of amides is 4. The second kappa shape index (κ2) is 14.0. The molecule has 5 atom stereocenters. The molecule has 0 aliphatic carbocycles. The number of carbonyl (C=O) groups excluding carboxylic acids is 4. The molecule has 0 aromatic heterocycles. The summed E-state index contributed by atoms with van der Waals surface area (Å²) in [4.78, 5) is 60.7. The van der Waals surface area contributed by atoms with Crippen LogP contribution in [0.2, 0.25) is 0 Å². The van der Waals surface area contributed by atoms with Crippen molar-refractivity contribution in [3.05, 3.63) is 35.9 Å². The third kappa shape index (κ3) is 10.5. The number of nitrogens with one attached hydrogen (secondary N) is 3. The van der Waals surface area contributed by atoms with Crippen LogP contribution >= 0.6 is 0 Å². The Morgan fingerprint density at radius 3 is 1.94 bits per heavy atom. The number of carbonyl (C=O) groups is 5. The molecule has 12 heteroatoms. The minimum Gasteiger partial charge on any atom is -0.480 e. The topological polar surface area (TPSA) is 214 Å². The van der Waals surface area contributed by atoms with Gasteiger partial charge in [-0.1, -0.05) is 44.2 Å². The number of rotatable bonds is 14. The van der Waals surface area contributed by atoms with Gasteiger partial charge in [0.15, 0.2) is 0 Å². The van der Waals surface area contributed by atoms with Crippen molar-refractivity contribution in [3.8, 4) is 0 Å². The van der Waals surface area contributed by atoms with Gasteiger partial charge in [-0.25, -0.2) is 4.79 Å². The number of nitrogens with two attached hydrogens (primary N) is 2. The fourth-order valence-electron chi connectivity index (χ4n) is 3.26. The van der Waals surface area contributed by atoms with Crippen molar-refractivity contribution in [1.29, 1.82) is 0 Å². The average Bonchev–Trinajstić information content (AvgIpc) is 2.75. The third-order valence-corrected chi connectivity index (χ3v) is 5.06. The van der Waals surface area contributed by atoms with E-state index in [-0.39, 0.29) is 18.8 Å². The van der Waals surface area contributed by atoms with E-state index in [1.165, 1.54) is 6.92 Å². The first-order valence-corrected chi connectivity index (χ1v) is 11.2. The molecule has 9 N–H and O–H groups in total. The lowest BCUT2D eigenvalue weighted by Crippen LogP contribution is -2.60. The highest BCUT2D eigenvalue weighted by Crippen LogP contribution is 2.09. The first-order valence-electron chi connectivity index (χ1n) is 11.2. The smallest absolute Gasteiger partial charge is 0.326 e. The van der Waals surface area contributed by atoms with Crippen molar-refractivity contribution in [1.82, 2.24) is 16.0 Å². The monoisotopic (exact) mass is 493 g/mol. The van der Waals surface area contributed by atoms with Gasteiger partial charge in [-0.2, -0.15) is 0 Å². The Morgan fingerprint density at radius 1 is 0.886 bits per heavy atom. The van der Waals surface area contributed by atoms with Crippen LogP contribution in [0.1, 0.15) is 39.2 Å². The summed E-state index contributed by atoms with van der Waals surface area (Å²) in [7, 11) is 0. The fourth-order valence-corrected chi connectivity index (χ4v) is 3.26. The van der Waals surface area contributed by atoms with E-state index in [1.807, 2.05) is 13.8 Å². The molecular formula is C23H35N5O7. The average molecular weight is 494 g/mol. The van der Waals surface area contributed by atoms with Gasteiger partial charge in [0.25, 0.3) is 0 Å². The van der Waals surface area contributed by atoms with Crippen LogP contribution in [-0.2, 0) is 30.4 Å². The van der Waals surface area contributed by atoms with Gasteiger partial charge in [0.2, 0.25) is 23.6 Å². The predicted octanol–water partition coefficient (Wildman–Crippen LogP) is -1.60. The molecule has 0 radical (unpaired) electrons. The molecule has 35 heavy (non-hydrogen) atoms. The van der Waals surface area contributed by atoms with E-state index in [9.17, 15) is 34.2 Å².